The monoisotopic (exact) mass is 294 g/mol. The Morgan fingerprint density at radius 3 is 2.57 bits per heavy atom. The number of aliphatic hydroxyl groups excluding tert-OH is 2. The van der Waals surface area contributed by atoms with Crippen LogP contribution in [-0.2, 0) is 13.2 Å². The van der Waals surface area contributed by atoms with Crippen LogP contribution in [-0.4, -0.2) is 33.5 Å². The van der Waals surface area contributed by atoms with E-state index in [0.29, 0.717) is 23.4 Å². The lowest BCUT2D eigenvalue weighted by molar-refractivity contribution is 0.0809. The minimum Gasteiger partial charge on any atom is -0.506 e. The van der Waals surface area contributed by atoms with Crippen LogP contribution in [0, 0.1) is 12.3 Å². The van der Waals surface area contributed by atoms with Gasteiger partial charge in [0.05, 0.1) is 12.3 Å². The van der Waals surface area contributed by atoms with Gasteiger partial charge in [0.15, 0.2) is 0 Å². The minimum atomic E-state index is -0.136. The van der Waals surface area contributed by atoms with Crippen LogP contribution in [0.3, 0.4) is 0 Å². The molecule has 0 spiro atoms. The van der Waals surface area contributed by atoms with Crippen molar-refractivity contribution in [2.75, 3.05) is 13.2 Å². The molecule has 0 aromatic carbocycles. The van der Waals surface area contributed by atoms with Crippen LogP contribution in [0.15, 0.2) is 6.20 Å². The third-order valence-corrected chi connectivity index (χ3v) is 4.65. The molecule has 1 aromatic rings. The van der Waals surface area contributed by atoms with E-state index in [4.69, 9.17) is 0 Å². The second-order valence-corrected chi connectivity index (χ2v) is 6.18. The van der Waals surface area contributed by atoms with Gasteiger partial charge in [0.2, 0.25) is 0 Å². The highest BCUT2D eigenvalue weighted by atomic mass is 16.3. The molecule has 0 amide bonds. The highest BCUT2D eigenvalue weighted by Gasteiger charge is 2.30. The first-order valence-corrected chi connectivity index (χ1v) is 7.70. The van der Waals surface area contributed by atoms with Gasteiger partial charge in [-0.05, 0) is 19.8 Å². The Morgan fingerprint density at radius 1 is 1.24 bits per heavy atom. The average molecular weight is 294 g/mol. The van der Waals surface area contributed by atoms with Crippen LogP contribution in [0.5, 0.6) is 5.75 Å². The van der Waals surface area contributed by atoms with Gasteiger partial charge in [-0.2, -0.15) is 0 Å². The molecule has 0 aliphatic heterocycles. The Hall–Kier alpha value is -1.17. The molecular weight excluding hydrogens is 268 g/mol. The number of nitrogens with zero attached hydrogens (tertiary/aromatic N) is 1. The van der Waals surface area contributed by atoms with Crippen molar-refractivity contribution in [1.29, 1.82) is 0 Å². The van der Waals surface area contributed by atoms with Crippen molar-refractivity contribution >= 4 is 0 Å². The van der Waals surface area contributed by atoms with Crippen LogP contribution in [0.1, 0.15) is 48.9 Å². The first kappa shape index (κ1) is 16.2. The summed E-state index contributed by atoms with van der Waals surface area (Å²) in [4.78, 5) is 4.06. The molecule has 4 N–H and O–H groups in total. The number of rotatable bonds is 6. The van der Waals surface area contributed by atoms with Crippen molar-refractivity contribution in [3.63, 3.8) is 0 Å². The molecular formula is C16H26N2O3. The molecule has 1 aliphatic carbocycles. The summed E-state index contributed by atoms with van der Waals surface area (Å²) in [6.45, 7) is 3.02. The molecule has 5 nitrogen and oxygen atoms in total. The molecule has 1 aromatic heterocycles. The molecule has 0 saturated heterocycles. The third kappa shape index (κ3) is 3.73. The molecule has 21 heavy (non-hydrogen) atoms. The molecule has 1 aliphatic rings. The molecule has 0 unspecified atom stereocenters. The Kier molecular flexibility index (Phi) is 5.56. The summed E-state index contributed by atoms with van der Waals surface area (Å²) < 4.78 is 0. The molecule has 1 heterocycles. The van der Waals surface area contributed by atoms with Gasteiger partial charge in [0.25, 0.3) is 0 Å². The van der Waals surface area contributed by atoms with Gasteiger partial charge < -0.3 is 20.6 Å². The Balaban J connectivity index is 2.01. The zero-order valence-corrected chi connectivity index (χ0v) is 12.7. The number of hydrogen-bond acceptors (Lipinski definition) is 5. The zero-order valence-electron chi connectivity index (χ0n) is 12.7. The summed E-state index contributed by atoms with van der Waals surface area (Å²) in [5.74, 6) is 0.149. The van der Waals surface area contributed by atoms with E-state index in [1.807, 2.05) is 0 Å². The van der Waals surface area contributed by atoms with E-state index in [1.165, 1.54) is 19.3 Å². The largest absolute Gasteiger partial charge is 0.506 e. The molecule has 0 radical (unpaired) electrons. The topological polar surface area (TPSA) is 85.6 Å². The predicted molar refractivity (Wildman–Crippen MR) is 80.9 cm³/mol. The maximum absolute atomic E-state index is 10.1. The van der Waals surface area contributed by atoms with Crippen LogP contribution < -0.4 is 5.32 Å². The number of aryl methyl sites for hydroxylation is 1. The fraction of sp³-hybridized carbons (Fsp3) is 0.688. The normalized spacial score (nSPS) is 17.9. The van der Waals surface area contributed by atoms with Crippen molar-refractivity contribution in [2.24, 2.45) is 5.41 Å². The Bertz CT molecular complexity index is 471. The minimum absolute atomic E-state index is 0.0324. The molecule has 2 rings (SSSR count). The third-order valence-electron chi connectivity index (χ3n) is 4.65. The van der Waals surface area contributed by atoms with Crippen LogP contribution in [0.2, 0.25) is 0 Å². The molecule has 0 atom stereocenters. The van der Waals surface area contributed by atoms with E-state index in [1.54, 1.807) is 13.1 Å². The Morgan fingerprint density at radius 2 is 1.95 bits per heavy atom. The fourth-order valence-electron chi connectivity index (χ4n) is 3.16. The van der Waals surface area contributed by atoms with Gasteiger partial charge in [-0.1, -0.05) is 19.3 Å². The van der Waals surface area contributed by atoms with Gasteiger partial charge in [-0.15, -0.1) is 0 Å². The number of hydrogen-bond donors (Lipinski definition) is 4. The molecule has 1 saturated carbocycles. The summed E-state index contributed by atoms with van der Waals surface area (Å²) in [6.07, 6.45) is 7.29. The molecule has 0 bridgehead atoms. The summed E-state index contributed by atoms with van der Waals surface area (Å²) >= 11 is 0. The van der Waals surface area contributed by atoms with E-state index in [0.717, 1.165) is 19.4 Å². The van der Waals surface area contributed by atoms with E-state index in [2.05, 4.69) is 10.3 Å². The summed E-state index contributed by atoms with van der Waals surface area (Å²) in [6, 6.07) is 0. The lowest BCUT2D eigenvalue weighted by atomic mass is 9.74. The average Bonchev–Trinajstić information content (AvgIpc) is 2.52. The van der Waals surface area contributed by atoms with Crippen LogP contribution >= 0.6 is 0 Å². The van der Waals surface area contributed by atoms with Gasteiger partial charge >= 0.3 is 0 Å². The smallest absolute Gasteiger partial charge is 0.141 e. The summed E-state index contributed by atoms with van der Waals surface area (Å²) in [7, 11) is 0. The zero-order chi connectivity index (χ0) is 15.3. The van der Waals surface area contributed by atoms with Crippen LogP contribution in [0.4, 0.5) is 0 Å². The number of aliphatic hydroxyl groups is 2. The number of nitrogens with one attached hydrogen (secondary N) is 1. The SMILES string of the molecule is Cc1ncc(CO)c(CNCC2(CO)CCCCC2)c1O. The van der Waals surface area contributed by atoms with Crippen molar-refractivity contribution in [3.8, 4) is 5.75 Å². The van der Waals surface area contributed by atoms with E-state index in [9.17, 15) is 15.3 Å². The van der Waals surface area contributed by atoms with Crippen molar-refractivity contribution in [2.45, 2.75) is 52.2 Å². The fourth-order valence-corrected chi connectivity index (χ4v) is 3.16. The predicted octanol–water partition coefficient (Wildman–Crippen LogP) is 1.62. The Labute approximate surface area is 126 Å². The van der Waals surface area contributed by atoms with E-state index < -0.39 is 0 Å². The standard InChI is InChI=1S/C16H26N2O3/c1-12-15(21)14(13(9-19)7-18-12)8-17-10-16(11-20)5-3-2-4-6-16/h7,17,19-21H,2-6,8-11H2,1H3. The van der Waals surface area contributed by atoms with Gasteiger partial charge in [0, 0.05) is 42.4 Å². The number of aromatic nitrogens is 1. The van der Waals surface area contributed by atoms with E-state index in [-0.39, 0.29) is 24.4 Å². The lowest BCUT2D eigenvalue weighted by Gasteiger charge is -2.36. The highest BCUT2D eigenvalue weighted by Crippen LogP contribution is 2.35. The molecule has 118 valence electrons. The maximum atomic E-state index is 10.1. The second-order valence-electron chi connectivity index (χ2n) is 6.18. The summed E-state index contributed by atoms with van der Waals surface area (Å²) in [5, 5.41) is 32.5. The van der Waals surface area contributed by atoms with Gasteiger partial charge in [-0.25, -0.2) is 0 Å². The first-order valence-electron chi connectivity index (χ1n) is 7.70. The summed E-state index contributed by atoms with van der Waals surface area (Å²) in [5.41, 5.74) is 1.88. The quantitative estimate of drug-likeness (QED) is 0.640. The highest BCUT2D eigenvalue weighted by molar-refractivity contribution is 5.40. The van der Waals surface area contributed by atoms with Crippen molar-refractivity contribution in [1.82, 2.24) is 10.3 Å². The molecule has 1 fully saturated rings. The maximum Gasteiger partial charge on any atom is 0.141 e. The van der Waals surface area contributed by atoms with Crippen LogP contribution in [0.25, 0.3) is 0 Å². The molecule has 5 heteroatoms. The number of aromatic hydroxyl groups is 1. The number of pyridine rings is 1. The van der Waals surface area contributed by atoms with Gasteiger partial charge in [0.1, 0.15) is 5.75 Å². The first-order chi connectivity index (χ1) is 10.1. The van der Waals surface area contributed by atoms with E-state index >= 15 is 0 Å². The van der Waals surface area contributed by atoms with Crippen molar-refractivity contribution < 1.29 is 15.3 Å². The second kappa shape index (κ2) is 7.20. The lowest BCUT2D eigenvalue weighted by Crippen LogP contribution is -2.39. The van der Waals surface area contributed by atoms with Crippen molar-refractivity contribution in [3.05, 3.63) is 23.0 Å². The van der Waals surface area contributed by atoms with Gasteiger partial charge in [-0.3, -0.25) is 4.98 Å².